The lowest BCUT2D eigenvalue weighted by Crippen LogP contribution is -2.17. The van der Waals surface area contributed by atoms with E-state index in [1.807, 2.05) is 0 Å². The van der Waals surface area contributed by atoms with Gasteiger partial charge in [0.25, 0.3) is 0 Å². The van der Waals surface area contributed by atoms with Crippen LogP contribution < -0.4 is 24.7 Å². The summed E-state index contributed by atoms with van der Waals surface area (Å²) in [4.78, 5) is 24.3. The lowest BCUT2D eigenvalue weighted by Gasteiger charge is -2.18. The third-order valence-electron chi connectivity index (χ3n) is 4.80. The molecule has 3 aromatic rings. The molecule has 0 aliphatic carbocycles. The molecule has 148 valence electrons. The summed E-state index contributed by atoms with van der Waals surface area (Å²) in [6, 6.07) is 9.84. The predicted octanol–water partition coefficient (Wildman–Crippen LogP) is 3.05. The summed E-state index contributed by atoms with van der Waals surface area (Å²) in [5.74, 6) is -0.377. The fourth-order valence-corrected chi connectivity index (χ4v) is 3.54. The van der Waals surface area contributed by atoms with Crippen molar-refractivity contribution in [3.63, 3.8) is 0 Å². The van der Waals surface area contributed by atoms with Crippen LogP contribution in [0.1, 0.15) is 20.7 Å². The first-order valence-corrected chi connectivity index (χ1v) is 8.61. The van der Waals surface area contributed by atoms with E-state index in [1.54, 1.807) is 30.3 Å². The largest absolute Gasteiger partial charge is 0.497 e. The Balaban J connectivity index is 2.22. The normalized spacial score (nSPS) is 12.1. The second-order valence-electron chi connectivity index (χ2n) is 6.31. The van der Waals surface area contributed by atoms with E-state index in [1.165, 1.54) is 20.3 Å². The van der Waals surface area contributed by atoms with E-state index in [0.29, 0.717) is 39.3 Å². The number of methoxy groups -OCH3 is 2. The second-order valence-corrected chi connectivity index (χ2v) is 6.31. The van der Waals surface area contributed by atoms with Crippen LogP contribution in [0.5, 0.6) is 23.0 Å². The van der Waals surface area contributed by atoms with Gasteiger partial charge in [0, 0.05) is 22.6 Å². The molecule has 0 aromatic heterocycles. The summed E-state index contributed by atoms with van der Waals surface area (Å²) >= 11 is 0. The maximum absolute atomic E-state index is 12.2. The van der Waals surface area contributed by atoms with Gasteiger partial charge in [-0.05, 0) is 29.7 Å². The molecule has 3 N–H and O–H groups in total. The summed E-state index contributed by atoms with van der Waals surface area (Å²) in [5.41, 5.74) is 5.86. The number of rotatable bonds is 5. The quantitative estimate of drug-likeness (QED) is 0.682. The average Bonchev–Trinajstić information content (AvgIpc) is 3.20. The molecule has 0 atom stereocenters. The Hall–Kier alpha value is -3.94. The van der Waals surface area contributed by atoms with Gasteiger partial charge in [-0.3, -0.25) is 4.79 Å². The third kappa shape index (κ3) is 2.85. The number of carboxylic acids is 1. The molecule has 0 spiro atoms. The van der Waals surface area contributed by atoms with Crippen molar-refractivity contribution in [1.29, 1.82) is 0 Å². The molecule has 4 rings (SSSR count). The number of amides is 1. The topological polar surface area (TPSA) is 117 Å². The zero-order chi connectivity index (χ0) is 20.7. The standard InChI is InChI=1S/C21H17NO7/c1-26-11-4-5-12(15(8-11)27-2)17-16-10(3-6-14-19(16)29-9-28-14)7-13(20(22)23)18(17)21(24)25/h3-8H,9H2,1-2H3,(H2,22,23)(H,24,25). The molecule has 0 saturated carbocycles. The smallest absolute Gasteiger partial charge is 0.337 e. The number of primary amides is 1. The minimum Gasteiger partial charge on any atom is -0.497 e. The fourth-order valence-electron chi connectivity index (χ4n) is 3.54. The minimum absolute atomic E-state index is 0.00755. The molecule has 1 aliphatic rings. The van der Waals surface area contributed by atoms with Gasteiger partial charge in [-0.1, -0.05) is 6.07 Å². The summed E-state index contributed by atoms with van der Waals surface area (Å²) in [7, 11) is 2.97. The molecule has 3 aromatic carbocycles. The highest BCUT2D eigenvalue weighted by Gasteiger charge is 2.29. The predicted molar refractivity (Wildman–Crippen MR) is 104 cm³/mol. The van der Waals surface area contributed by atoms with E-state index in [4.69, 9.17) is 24.7 Å². The Labute approximate surface area is 165 Å². The van der Waals surface area contributed by atoms with Crippen molar-refractivity contribution in [2.24, 2.45) is 5.73 Å². The van der Waals surface area contributed by atoms with Crippen molar-refractivity contribution in [2.45, 2.75) is 0 Å². The molecule has 8 nitrogen and oxygen atoms in total. The van der Waals surface area contributed by atoms with E-state index >= 15 is 0 Å². The number of ether oxygens (including phenoxy) is 4. The van der Waals surface area contributed by atoms with Gasteiger partial charge in [0.05, 0.1) is 25.3 Å². The van der Waals surface area contributed by atoms with Crippen molar-refractivity contribution >= 4 is 22.6 Å². The van der Waals surface area contributed by atoms with Gasteiger partial charge >= 0.3 is 5.97 Å². The van der Waals surface area contributed by atoms with Crippen LogP contribution in [0.2, 0.25) is 0 Å². The van der Waals surface area contributed by atoms with Crippen molar-refractivity contribution in [1.82, 2.24) is 0 Å². The Kier molecular flexibility index (Phi) is 4.38. The molecule has 1 aliphatic heterocycles. The molecule has 0 fully saturated rings. The molecule has 0 saturated heterocycles. The van der Waals surface area contributed by atoms with Gasteiger partial charge in [0.2, 0.25) is 12.7 Å². The van der Waals surface area contributed by atoms with Crippen LogP contribution in [0, 0.1) is 0 Å². The van der Waals surface area contributed by atoms with Crippen LogP contribution in [0.4, 0.5) is 0 Å². The number of aromatic carboxylic acids is 1. The molecule has 0 radical (unpaired) electrons. The molecule has 1 heterocycles. The van der Waals surface area contributed by atoms with E-state index in [0.717, 1.165) is 0 Å². The Morgan fingerprint density at radius 2 is 1.86 bits per heavy atom. The van der Waals surface area contributed by atoms with Crippen molar-refractivity contribution in [2.75, 3.05) is 21.0 Å². The van der Waals surface area contributed by atoms with E-state index in [9.17, 15) is 14.7 Å². The summed E-state index contributed by atoms with van der Waals surface area (Å²) in [6.07, 6.45) is 0. The van der Waals surface area contributed by atoms with Crippen molar-refractivity contribution in [3.05, 3.63) is 47.5 Å². The van der Waals surface area contributed by atoms with Crippen LogP contribution in [0.15, 0.2) is 36.4 Å². The van der Waals surface area contributed by atoms with Crippen molar-refractivity contribution in [3.8, 4) is 34.1 Å². The molecule has 0 bridgehead atoms. The average molecular weight is 395 g/mol. The van der Waals surface area contributed by atoms with E-state index in [2.05, 4.69) is 0 Å². The summed E-state index contributed by atoms with van der Waals surface area (Å²) in [5, 5.41) is 11.1. The van der Waals surface area contributed by atoms with Crippen LogP contribution in [0.25, 0.3) is 21.9 Å². The van der Waals surface area contributed by atoms with Gasteiger partial charge in [0.1, 0.15) is 11.5 Å². The monoisotopic (exact) mass is 395 g/mol. The second kappa shape index (κ2) is 6.90. The maximum Gasteiger partial charge on any atom is 0.337 e. The summed E-state index contributed by atoms with van der Waals surface area (Å²) in [6.45, 7) is 0.00755. The van der Waals surface area contributed by atoms with Gasteiger partial charge < -0.3 is 29.8 Å². The highest BCUT2D eigenvalue weighted by molar-refractivity contribution is 6.18. The van der Waals surface area contributed by atoms with E-state index < -0.39 is 11.9 Å². The zero-order valence-electron chi connectivity index (χ0n) is 15.6. The van der Waals surface area contributed by atoms with Crippen LogP contribution in [0.3, 0.4) is 0 Å². The number of carbonyl (C=O) groups excluding carboxylic acids is 1. The highest BCUT2D eigenvalue weighted by atomic mass is 16.7. The molecular weight excluding hydrogens is 378 g/mol. The number of hydrogen-bond donors (Lipinski definition) is 2. The minimum atomic E-state index is -1.30. The molecule has 0 unspecified atom stereocenters. The first-order chi connectivity index (χ1) is 14.0. The molecule has 8 heteroatoms. The van der Waals surface area contributed by atoms with Crippen LogP contribution in [-0.4, -0.2) is 38.0 Å². The Morgan fingerprint density at radius 3 is 2.52 bits per heavy atom. The highest BCUT2D eigenvalue weighted by Crippen LogP contribution is 2.48. The lowest BCUT2D eigenvalue weighted by molar-refractivity contribution is 0.0693. The first kappa shape index (κ1) is 18.4. The van der Waals surface area contributed by atoms with Gasteiger partial charge in [-0.2, -0.15) is 0 Å². The molecular formula is C21H17NO7. The number of carboxylic acid groups (broad SMARTS) is 1. The van der Waals surface area contributed by atoms with Gasteiger partial charge in [0.15, 0.2) is 11.5 Å². The number of fused-ring (bicyclic) bond motifs is 3. The number of benzene rings is 3. The molecule has 1 amide bonds. The molecule has 29 heavy (non-hydrogen) atoms. The fraction of sp³-hybridized carbons (Fsp3) is 0.143. The van der Waals surface area contributed by atoms with Crippen LogP contribution >= 0.6 is 0 Å². The SMILES string of the molecule is COc1ccc(-c2c(C(=O)O)c(C(N)=O)cc3ccc4c(c23)OCO4)c(OC)c1. The number of hydrogen-bond acceptors (Lipinski definition) is 6. The zero-order valence-corrected chi connectivity index (χ0v) is 15.6. The Morgan fingerprint density at radius 1 is 1.07 bits per heavy atom. The maximum atomic E-state index is 12.2. The summed E-state index contributed by atoms with van der Waals surface area (Å²) < 4.78 is 21.8. The first-order valence-electron chi connectivity index (χ1n) is 8.61. The van der Waals surface area contributed by atoms with E-state index in [-0.39, 0.29) is 23.5 Å². The van der Waals surface area contributed by atoms with Crippen LogP contribution in [-0.2, 0) is 0 Å². The third-order valence-corrected chi connectivity index (χ3v) is 4.80. The van der Waals surface area contributed by atoms with Gasteiger partial charge in [-0.25, -0.2) is 4.79 Å². The lowest BCUT2D eigenvalue weighted by atomic mass is 9.88. The number of nitrogens with two attached hydrogens (primary N) is 1. The Bertz CT molecular complexity index is 1170. The van der Waals surface area contributed by atoms with Gasteiger partial charge in [-0.15, -0.1) is 0 Å². The van der Waals surface area contributed by atoms with Crippen molar-refractivity contribution < 1.29 is 33.6 Å². The number of carbonyl (C=O) groups is 2.